The molecule has 0 bridgehead atoms. The maximum Gasteiger partial charge on any atom is 0.262 e. The number of rotatable bonds is 4. The van der Waals surface area contributed by atoms with Crippen LogP contribution in [0.3, 0.4) is 0 Å². The molecule has 0 saturated heterocycles. The first-order valence-electron chi connectivity index (χ1n) is 5.94. The third kappa shape index (κ3) is 3.51. The molecule has 8 heteroatoms. The summed E-state index contributed by atoms with van der Waals surface area (Å²) in [4.78, 5) is 11.6. The van der Waals surface area contributed by atoms with E-state index in [4.69, 9.17) is 10.7 Å². The topological polar surface area (TPSA) is 63.2 Å². The third-order valence-corrected chi connectivity index (χ3v) is 5.66. The molecule has 1 aromatic rings. The van der Waals surface area contributed by atoms with Gasteiger partial charge in [0.15, 0.2) is 0 Å². The first kappa shape index (κ1) is 15.7. The molecule has 1 aliphatic rings. The number of halogens is 3. The summed E-state index contributed by atoms with van der Waals surface area (Å²) in [5.74, 6) is -0.934. The van der Waals surface area contributed by atoms with Gasteiger partial charge in [0.1, 0.15) is 10.7 Å². The summed E-state index contributed by atoms with van der Waals surface area (Å²) in [7, 11) is 1.08. The summed E-state index contributed by atoms with van der Waals surface area (Å²) in [5.41, 5.74) is -0.0864. The molecule has 0 aromatic heterocycles. The summed E-state index contributed by atoms with van der Waals surface area (Å²) in [6, 6.07) is 1.71. The van der Waals surface area contributed by atoms with E-state index < -0.39 is 25.7 Å². The SMILES string of the molecule is CC(NC(=O)c1cc(F)cc(S(=O)(=O)Cl)c1Br)C1CC1. The molecule has 1 fully saturated rings. The maximum atomic E-state index is 13.5. The lowest BCUT2D eigenvalue weighted by molar-refractivity contribution is 0.0934. The van der Waals surface area contributed by atoms with Crippen molar-refractivity contribution in [3.05, 3.63) is 28.0 Å². The molecule has 110 valence electrons. The second kappa shape index (κ2) is 5.61. The Labute approximate surface area is 129 Å². The zero-order valence-electron chi connectivity index (χ0n) is 10.5. The van der Waals surface area contributed by atoms with E-state index in [2.05, 4.69) is 21.2 Å². The Bertz CT molecular complexity index is 661. The highest BCUT2D eigenvalue weighted by Crippen LogP contribution is 2.33. The van der Waals surface area contributed by atoms with E-state index in [-0.39, 0.29) is 16.1 Å². The standard InChI is InChI=1S/C12H12BrClFNO3S/c1-6(7-2-3-7)16-12(17)9-4-8(15)5-10(11(9)13)20(14,18)19/h4-7H,2-3H2,1H3,(H,16,17). The largest absolute Gasteiger partial charge is 0.349 e. The molecule has 1 aromatic carbocycles. The van der Waals surface area contributed by atoms with Gasteiger partial charge >= 0.3 is 0 Å². The van der Waals surface area contributed by atoms with Gasteiger partial charge in [0.2, 0.25) is 0 Å². The maximum absolute atomic E-state index is 13.5. The minimum Gasteiger partial charge on any atom is -0.349 e. The fourth-order valence-corrected chi connectivity index (χ4v) is 4.18. The number of benzene rings is 1. The molecular weight excluding hydrogens is 373 g/mol. The van der Waals surface area contributed by atoms with Crippen molar-refractivity contribution in [1.29, 1.82) is 0 Å². The van der Waals surface area contributed by atoms with Crippen molar-refractivity contribution in [2.24, 2.45) is 5.92 Å². The second-order valence-electron chi connectivity index (χ2n) is 4.80. The molecule has 2 rings (SSSR count). The molecule has 1 amide bonds. The fraction of sp³-hybridized carbons (Fsp3) is 0.417. The van der Waals surface area contributed by atoms with E-state index in [0.717, 1.165) is 25.0 Å². The number of hydrogen-bond acceptors (Lipinski definition) is 3. The Hall–Kier alpha value is -0.660. The Morgan fingerprint density at radius 2 is 2.10 bits per heavy atom. The van der Waals surface area contributed by atoms with Crippen molar-refractivity contribution in [2.45, 2.75) is 30.7 Å². The molecule has 0 heterocycles. The summed E-state index contributed by atoms with van der Waals surface area (Å²) in [6.07, 6.45) is 2.10. The quantitative estimate of drug-likeness (QED) is 0.812. The minimum absolute atomic E-state index is 0.0330. The predicted octanol–water partition coefficient (Wildman–Crippen LogP) is 3.04. The van der Waals surface area contributed by atoms with Gasteiger partial charge in [0, 0.05) is 16.7 Å². The second-order valence-corrected chi connectivity index (χ2v) is 8.13. The van der Waals surface area contributed by atoms with Crippen LogP contribution in [0.25, 0.3) is 0 Å². The molecule has 1 unspecified atom stereocenters. The summed E-state index contributed by atoms with van der Waals surface area (Å²) in [6.45, 7) is 1.86. The Kier molecular flexibility index (Phi) is 4.41. The van der Waals surface area contributed by atoms with Crippen molar-refractivity contribution in [3.63, 3.8) is 0 Å². The van der Waals surface area contributed by atoms with Crippen molar-refractivity contribution < 1.29 is 17.6 Å². The molecule has 1 atom stereocenters. The molecule has 1 saturated carbocycles. The summed E-state index contributed by atoms with van der Waals surface area (Å²) >= 11 is 3.00. The lowest BCUT2D eigenvalue weighted by Crippen LogP contribution is -2.34. The highest BCUT2D eigenvalue weighted by molar-refractivity contribution is 9.10. The highest BCUT2D eigenvalue weighted by Gasteiger charge is 2.30. The van der Waals surface area contributed by atoms with Crippen LogP contribution in [0.4, 0.5) is 4.39 Å². The average molecular weight is 385 g/mol. The lowest BCUT2D eigenvalue weighted by Gasteiger charge is -2.14. The van der Waals surface area contributed by atoms with Crippen molar-refractivity contribution in [3.8, 4) is 0 Å². The smallest absolute Gasteiger partial charge is 0.262 e. The summed E-state index contributed by atoms with van der Waals surface area (Å²) in [5, 5.41) is 2.73. The monoisotopic (exact) mass is 383 g/mol. The number of carbonyl (C=O) groups excluding carboxylic acids is 1. The Morgan fingerprint density at radius 3 is 2.60 bits per heavy atom. The van der Waals surface area contributed by atoms with Gasteiger partial charge in [-0.3, -0.25) is 4.79 Å². The van der Waals surface area contributed by atoms with Gasteiger partial charge in [-0.25, -0.2) is 12.8 Å². The number of nitrogens with one attached hydrogen (secondary N) is 1. The van der Waals surface area contributed by atoms with E-state index in [9.17, 15) is 17.6 Å². The average Bonchev–Trinajstić information content (AvgIpc) is 3.13. The number of amides is 1. The molecule has 0 radical (unpaired) electrons. The van der Waals surface area contributed by atoms with Gasteiger partial charge in [0.05, 0.1) is 10.0 Å². The van der Waals surface area contributed by atoms with E-state index in [1.54, 1.807) is 0 Å². The molecule has 0 aliphatic heterocycles. The van der Waals surface area contributed by atoms with Crippen LogP contribution in [0.5, 0.6) is 0 Å². The van der Waals surface area contributed by atoms with Crippen LogP contribution in [-0.2, 0) is 9.05 Å². The molecule has 1 aliphatic carbocycles. The normalized spacial score (nSPS) is 16.8. The van der Waals surface area contributed by atoms with Crippen LogP contribution in [0.15, 0.2) is 21.5 Å². The molecule has 20 heavy (non-hydrogen) atoms. The lowest BCUT2D eigenvalue weighted by atomic mass is 10.1. The zero-order valence-corrected chi connectivity index (χ0v) is 13.6. The first-order chi connectivity index (χ1) is 9.20. The first-order valence-corrected chi connectivity index (χ1v) is 9.05. The predicted molar refractivity (Wildman–Crippen MR) is 76.8 cm³/mol. The van der Waals surface area contributed by atoms with Gasteiger partial charge in [-0.15, -0.1) is 0 Å². The van der Waals surface area contributed by atoms with E-state index in [1.165, 1.54) is 0 Å². The molecule has 4 nitrogen and oxygen atoms in total. The molecular formula is C12H12BrClFNO3S. The minimum atomic E-state index is -4.14. The van der Waals surface area contributed by atoms with Crippen LogP contribution >= 0.6 is 26.6 Å². The third-order valence-electron chi connectivity index (χ3n) is 3.20. The van der Waals surface area contributed by atoms with Crippen LogP contribution in [0.1, 0.15) is 30.1 Å². The van der Waals surface area contributed by atoms with Crippen LogP contribution < -0.4 is 5.32 Å². The van der Waals surface area contributed by atoms with Gasteiger partial charge in [-0.05, 0) is 53.7 Å². The highest BCUT2D eigenvalue weighted by atomic mass is 79.9. The molecule has 1 N–H and O–H groups in total. The Balaban J connectivity index is 2.35. The van der Waals surface area contributed by atoms with Crippen LogP contribution in [-0.4, -0.2) is 20.4 Å². The van der Waals surface area contributed by atoms with Crippen molar-refractivity contribution in [2.75, 3.05) is 0 Å². The summed E-state index contributed by atoms with van der Waals surface area (Å²) < 4.78 is 36.2. The van der Waals surface area contributed by atoms with Gasteiger partial charge < -0.3 is 5.32 Å². The van der Waals surface area contributed by atoms with Crippen molar-refractivity contribution >= 4 is 41.6 Å². The van der Waals surface area contributed by atoms with Crippen molar-refractivity contribution in [1.82, 2.24) is 5.32 Å². The van der Waals surface area contributed by atoms with E-state index >= 15 is 0 Å². The van der Waals surface area contributed by atoms with Crippen LogP contribution in [0.2, 0.25) is 0 Å². The molecule has 0 spiro atoms. The van der Waals surface area contributed by atoms with Crippen LogP contribution in [0, 0.1) is 11.7 Å². The van der Waals surface area contributed by atoms with E-state index in [0.29, 0.717) is 5.92 Å². The number of carbonyl (C=O) groups is 1. The van der Waals surface area contributed by atoms with Gasteiger partial charge in [-0.1, -0.05) is 0 Å². The van der Waals surface area contributed by atoms with E-state index in [1.807, 2.05) is 6.92 Å². The van der Waals surface area contributed by atoms with Gasteiger partial charge in [-0.2, -0.15) is 0 Å². The Morgan fingerprint density at radius 1 is 1.50 bits per heavy atom. The van der Waals surface area contributed by atoms with Gasteiger partial charge in [0.25, 0.3) is 15.0 Å². The number of hydrogen-bond donors (Lipinski definition) is 1. The zero-order chi connectivity index (χ0) is 15.1. The fourth-order valence-electron chi connectivity index (χ4n) is 1.91.